The molecule has 0 aliphatic carbocycles. The van der Waals surface area contributed by atoms with Crippen LogP contribution < -0.4 is 11.5 Å². The quantitative estimate of drug-likeness (QED) is 0.732. The lowest BCUT2D eigenvalue weighted by molar-refractivity contribution is -0.123. The summed E-state index contributed by atoms with van der Waals surface area (Å²) in [5.41, 5.74) is 10.3. The summed E-state index contributed by atoms with van der Waals surface area (Å²) < 4.78 is 5.60. The first-order chi connectivity index (χ1) is 7.83. The fourth-order valence-corrected chi connectivity index (χ4v) is 2.27. The van der Waals surface area contributed by atoms with Crippen molar-refractivity contribution in [3.05, 3.63) is 0 Å². The molecule has 17 heavy (non-hydrogen) atoms. The number of carbonyl (C=O) groups excluding carboxylic acids is 1. The molecule has 1 aliphatic rings. The first-order valence-electron chi connectivity index (χ1n) is 6.27. The van der Waals surface area contributed by atoms with Crippen molar-refractivity contribution >= 4 is 5.91 Å². The van der Waals surface area contributed by atoms with Crippen LogP contribution >= 0.6 is 0 Å². The monoisotopic (exact) mass is 243 g/mol. The number of primary amides is 1. The number of hydrogen-bond acceptors (Lipinski definition) is 4. The molecule has 1 heterocycles. The SMILES string of the molecule is CC1CN(C(C)CC(C)(N)C(N)=O)CCCO1. The lowest BCUT2D eigenvalue weighted by Crippen LogP contribution is -2.53. The Balaban J connectivity index is 2.56. The van der Waals surface area contributed by atoms with E-state index in [0.717, 1.165) is 26.1 Å². The zero-order valence-corrected chi connectivity index (χ0v) is 11.1. The minimum absolute atomic E-state index is 0.234. The maximum atomic E-state index is 11.2. The Hall–Kier alpha value is -0.650. The van der Waals surface area contributed by atoms with E-state index in [0.29, 0.717) is 6.42 Å². The number of nitrogens with two attached hydrogens (primary N) is 2. The van der Waals surface area contributed by atoms with Crippen LogP contribution in [0.4, 0.5) is 0 Å². The highest BCUT2D eigenvalue weighted by molar-refractivity contribution is 5.83. The Morgan fingerprint density at radius 2 is 2.29 bits per heavy atom. The van der Waals surface area contributed by atoms with E-state index < -0.39 is 11.4 Å². The molecular weight excluding hydrogens is 218 g/mol. The summed E-state index contributed by atoms with van der Waals surface area (Å²) in [6.07, 6.45) is 1.83. The first-order valence-corrected chi connectivity index (χ1v) is 6.27. The van der Waals surface area contributed by atoms with Gasteiger partial charge in [-0.1, -0.05) is 0 Å². The van der Waals surface area contributed by atoms with Gasteiger partial charge in [-0.25, -0.2) is 0 Å². The summed E-state index contributed by atoms with van der Waals surface area (Å²) in [5, 5.41) is 0. The number of carbonyl (C=O) groups is 1. The Morgan fingerprint density at radius 3 is 2.88 bits per heavy atom. The van der Waals surface area contributed by atoms with Crippen molar-refractivity contribution in [3.63, 3.8) is 0 Å². The minimum atomic E-state index is -0.935. The molecule has 5 nitrogen and oxygen atoms in total. The third-order valence-electron chi connectivity index (χ3n) is 3.39. The summed E-state index contributed by atoms with van der Waals surface area (Å²) in [7, 11) is 0. The van der Waals surface area contributed by atoms with Gasteiger partial charge in [-0.15, -0.1) is 0 Å². The molecule has 1 fully saturated rings. The lowest BCUT2D eigenvalue weighted by Gasteiger charge is -2.33. The van der Waals surface area contributed by atoms with Crippen LogP contribution in [0.15, 0.2) is 0 Å². The molecule has 100 valence electrons. The van der Waals surface area contributed by atoms with Gasteiger partial charge in [-0.05, 0) is 33.6 Å². The molecule has 0 bridgehead atoms. The van der Waals surface area contributed by atoms with Gasteiger partial charge in [0, 0.05) is 25.7 Å². The highest BCUT2D eigenvalue weighted by Gasteiger charge is 2.31. The number of ether oxygens (including phenoxy) is 1. The molecule has 3 unspecified atom stereocenters. The molecule has 1 rings (SSSR count). The molecule has 1 amide bonds. The molecule has 0 radical (unpaired) electrons. The maximum absolute atomic E-state index is 11.2. The van der Waals surface area contributed by atoms with Gasteiger partial charge >= 0.3 is 0 Å². The van der Waals surface area contributed by atoms with E-state index in [1.54, 1.807) is 6.92 Å². The van der Waals surface area contributed by atoms with Gasteiger partial charge in [-0.2, -0.15) is 0 Å². The van der Waals surface area contributed by atoms with E-state index in [2.05, 4.69) is 18.7 Å². The molecule has 1 saturated heterocycles. The Kier molecular flexibility index (Phi) is 4.91. The smallest absolute Gasteiger partial charge is 0.237 e. The van der Waals surface area contributed by atoms with Gasteiger partial charge in [0.15, 0.2) is 0 Å². The Bertz CT molecular complexity index is 268. The number of amides is 1. The first kappa shape index (κ1) is 14.4. The third kappa shape index (κ3) is 4.26. The predicted molar refractivity (Wildman–Crippen MR) is 67.5 cm³/mol. The number of nitrogens with zero attached hydrogens (tertiary/aromatic N) is 1. The van der Waals surface area contributed by atoms with Crippen LogP contribution in [0.1, 0.15) is 33.6 Å². The largest absolute Gasteiger partial charge is 0.377 e. The van der Waals surface area contributed by atoms with Crippen molar-refractivity contribution in [1.29, 1.82) is 0 Å². The normalized spacial score (nSPS) is 28.1. The third-order valence-corrected chi connectivity index (χ3v) is 3.39. The van der Waals surface area contributed by atoms with E-state index in [9.17, 15) is 4.79 Å². The van der Waals surface area contributed by atoms with E-state index in [4.69, 9.17) is 16.2 Å². The maximum Gasteiger partial charge on any atom is 0.237 e. The van der Waals surface area contributed by atoms with Crippen LogP contribution in [0, 0.1) is 0 Å². The fourth-order valence-electron chi connectivity index (χ4n) is 2.27. The second kappa shape index (κ2) is 5.80. The van der Waals surface area contributed by atoms with E-state index >= 15 is 0 Å². The number of hydrogen-bond donors (Lipinski definition) is 2. The van der Waals surface area contributed by atoms with Gasteiger partial charge in [-0.3, -0.25) is 9.69 Å². The van der Waals surface area contributed by atoms with Crippen molar-refractivity contribution in [3.8, 4) is 0 Å². The van der Waals surface area contributed by atoms with Crippen molar-refractivity contribution in [2.75, 3.05) is 19.7 Å². The molecule has 0 spiro atoms. The Morgan fingerprint density at radius 1 is 1.65 bits per heavy atom. The van der Waals surface area contributed by atoms with Gasteiger partial charge in [0.05, 0.1) is 11.6 Å². The zero-order valence-electron chi connectivity index (χ0n) is 11.1. The molecule has 1 aliphatic heterocycles. The predicted octanol–water partition coefficient (Wildman–Crippen LogP) is 0.0785. The topological polar surface area (TPSA) is 81.6 Å². The van der Waals surface area contributed by atoms with Crippen molar-refractivity contribution in [2.45, 2.75) is 51.3 Å². The molecule has 0 aromatic rings. The molecule has 0 saturated carbocycles. The average molecular weight is 243 g/mol. The highest BCUT2D eigenvalue weighted by atomic mass is 16.5. The molecule has 0 aromatic carbocycles. The van der Waals surface area contributed by atoms with Gasteiger partial charge < -0.3 is 16.2 Å². The summed E-state index contributed by atoms with van der Waals surface area (Å²) in [4.78, 5) is 13.6. The minimum Gasteiger partial charge on any atom is -0.377 e. The second-order valence-corrected chi connectivity index (χ2v) is 5.36. The van der Waals surface area contributed by atoms with Crippen molar-refractivity contribution in [1.82, 2.24) is 4.90 Å². The molecule has 0 aromatic heterocycles. The van der Waals surface area contributed by atoms with Crippen LogP contribution in [-0.4, -0.2) is 48.2 Å². The molecule has 3 atom stereocenters. The van der Waals surface area contributed by atoms with Gasteiger partial charge in [0.25, 0.3) is 0 Å². The zero-order chi connectivity index (χ0) is 13.1. The second-order valence-electron chi connectivity index (χ2n) is 5.36. The standard InChI is InChI=1S/C12H25N3O2/c1-9(7-12(3,14)11(13)16)15-5-4-6-17-10(2)8-15/h9-10H,4-8,14H2,1-3H3,(H2,13,16). The van der Waals surface area contributed by atoms with E-state index in [-0.39, 0.29) is 12.1 Å². The Labute approximate surface area is 103 Å². The van der Waals surface area contributed by atoms with E-state index in [1.807, 2.05) is 0 Å². The van der Waals surface area contributed by atoms with E-state index in [1.165, 1.54) is 0 Å². The van der Waals surface area contributed by atoms with Crippen molar-refractivity contribution in [2.24, 2.45) is 11.5 Å². The van der Waals surface area contributed by atoms with Crippen molar-refractivity contribution < 1.29 is 9.53 Å². The summed E-state index contributed by atoms with van der Waals surface area (Å²) >= 11 is 0. The summed E-state index contributed by atoms with van der Waals surface area (Å²) in [6, 6.07) is 0.238. The number of rotatable bonds is 4. The van der Waals surface area contributed by atoms with Crippen LogP contribution in [0.25, 0.3) is 0 Å². The molecule has 4 N–H and O–H groups in total. The van der Waals surface area contributed by atoms with Crippen LogP contribution in [0.5, 0.6) is 0 Å². The average Bonchev–Trinajstić information content (AvgIpc) is 2.42. The summed E-state index contributed by atoms with van der Waals surface area (Å²) in [6.45, 7) is 8.53. The molecular formula is C12H25N3O2. The highest BCUT2D eigenvalue weighted by Crippen LogP contribution is 2.16. The lowest BCUT2D eigenvalue weighted by atomic mass is 9.93. The summed E-state index contributed by atoms with van der Waals surface area (Å²) in [5.74, 6) is -0.441. The van der Waals surface area contributed by atoms with Gasteiger partial charge in [0.2, 0.25) is 5.91 Å². The fraction of sp³-hybridized carbons (Fsp3) is 0.917. The van der Waals surface area contributed by atoms with Crippen LogP contribution in [-0.2, 0) is 9.53 Å². The van der Waals surface area contributed by atoms with Gasteiger partial charge in [0.1, 0.15) is 0 Å². The van der Waals surface area contributed by atoms with Crippen LogP contribution in [0.2, 0.25) is 0 Å². The van der Waals surface area contributed by atoms with Crippen LogP contribution in [0.3, 0.4) is 0 Å². The molecule has 5 heteroatoms.